The molecule has 3 atom stereocenters. The Morgan fingerprint density at radius 3 is 2.55 bits per heavy atom. The van der Waals surface area contributed by atoms with E-state index in [4.69, 9.17) is 4.74 Å². The zero-order valence-corrected chi connectivity index (χ0v) is 11.7. The van der Waals surface area contributed by atoms with Crippen molar-refractivity contribution in [1.29, 1.82) is 0 Å². The van der Waals surface area contributed by atoms with Crippen LogP contribution in [0.5, 0.6) is 0 Å². The van der Waals surface area contributed by atoms with Gasteiger partial charge in [-0.3, -0.25) is 5.04 Å². The van der Waals surface area contributed by atoms with Gasteiger partial charge in [-0.2, -0.15) is 13.1 Å². The van der Waals surface area contributed by atoms with Gasteiger partial charge in [0, 0.05) is 0 Å². The number of alkyl halides is 2. The zero-order valence-electron chi connectivity index (χ0n) is 10.9. The highest BCUT2D eigenvalue weighted by Gasteiger charge is 2.45. The van der Waals surface area contributed by atoms with Crippen LogP contribution in [0.15, 0.2) is 0 Å². The lowest BCUT2D eigenvalue weighted by Crippen LogP contribution is -2.37. The number of carbonyl (C=O) groups excluding carboxylic acids is 1. The topological polar surface area (TPSA) is 67.8 Å². The Labute approximate surface area is 120 Å². The van der Waals surface area contributed by atoms with Crippen LogP contribution < -0.4 is 5.26 Å². The maximum absolute atomic E-state index is 13.2. The third kappa shape index (κ3) is 4.03. The summed E-state index contributed by atoms with van der Waals surface area (Å²) in [6, 6.07) is 0. The predicted octanol–water partition coefficient (Wildman–Crippen LogP) is 2.35. The maximum Gasteiger partial charge on any atom is 0.415 e. The Balaban J connectivity index is 1.82. The number of ether oxygens (including phenoxy) is 1. The molecule has 116 valence electrons. The summed E-state index contributed by atoms with van der Waals surface area (Å²) in [5.74, 6) is -0.567. The summed E-state index contributed by atoms with van der Waals surface area (Å²) in [5, 5.41) is 8.40. The minimum atomic E-state index is -3.94. The molecule has 2 saturated carbocycles. The van der Waals surface area contributed by atoms with E-state index < -0.39 is 29.4 Å². The monoisotopic (exact) mass is 311 g/mol. The number of halogens is 2. The molecule has 0 saturated heterocycles. The molecule has 5 nitrogen and oxygen atoms in total. The summed E-state index contributed by atoms with van der Waals surface area (Å²) in [6.07, 6.45) is 6.37. The summed E-state index contributed by atoms with van der Waals surface area (Å²) in [6.45, 7) is 0. The molecule has 0 bridgehead atoms. The van der Waals surface area contributed by atoms with Gasteiger partial charge in [0.05, 0.1) is 0 Å². The Kier molecular flexibility index (Phi) is 5.59. The van der Waals surface area contributed by atoms with Crippen LogP contribution in [0.25, 0.3) is 0 Å². The molecular weight excluding hydrogens is 294 g/mol. The van der Waals surface area contributed by atoms with Crippen molar-refractivity contribution in [3.8, 4) is 0 Å². The Hall–Kier alpha value is -0.440. The molecule has 3 unspecified atom stereocenters. The van der Waals surface area contributed by atoms with Gasteiger partial charge in [0.25, 0.3) is 0 Å². The van der Waals surface area contributed by atoms with E-state index in [0.29, 0.717) is 24.7 Å². The van der Waals surface area contributed by atoms with Crippen LogP contribution >= 0.6 is 12.0 Å². The Morgan fingerprint density at radius 1 is 1.15 bits per heavy atom. The smallest absolute Gasteiger partial charge is 0.415 e. The molecule has 20 heavy (non-hydrogen) atoms. The lowest BCUT2D eigenvalue weighted by molar-refractivity contribution is -0.777. The molecule has 0 amide bonds. The van der Waals surface area contributed by atoms with Gasteiger partial charge in [-0.1, -0.05) is 25.7 Å². The summed E-state index contributed by atoms with van der Waals surface area (Å²) < 4.78 is 34.8. The van der Waals surface area contributed by atoms with E-state index in [1.165, 1.54) is 12.8 Å². The van der Waals surface area contributed by atoms with Crippen molar-refractivity contribution < 1.29 is 32.9 Å². The van der Waals surface area contributed by atoms with Gasteiger partial charge in [-0.15, -0.1) is 0 Å². The molecule has 0 N–H and O–H groups in total. The summed E-state index contributed by atoms with van der Waals surface area (Å²) in [7, 11) is 0. The molecule has 0 aromatic carbocycles. The van der Waals surface area contributed by atoms with E-state index in [9.17, 15) is 18.8 Å². The highest BCUT2D eigenvalue weighted by atomic mass is 32.2. The first-order valence-corrected chi connectivity index (χ1v) is 7.50. The lowest BCUT2D eigenvalue weighted by atomic mass is 9.70. The van der Waals surface area contributed by atoms with Crippen molar-refractivity contribution in [2.75, 3.05) is 0 Å². The van der Waals surface area contributed by atoms with Crippen LogP contribution in [-0.2, 0) is 18.9 Å². The van der Waals surface area contributed by atoms with Gasteiger partial charge < -0.3 is 9.99 Å². The third-order valence-corrected chi connectivity index (χ3v) is 4.67. The molecule has 0 aromatic rings. The fraction of sp³-hybridized carbons (Fsp3) is 0.917. The van der Waals surface area contributed by atoms with E-state index in [-0.39, 0.29) is 0 Å². The van der Waals surface area contributed by atoms with Crippen molar-refractivity contribution in [3.05, 3.63) is 0 Å². The number of esters is 1. The molecule has 8 heteroatoms. The van der Waals surface area contributed by atoms with E-state index in [2.05, 4.69) is 9.37 Å². The Morgan fingerprint density at radius 2 is 1.85 bits per heavy atom. The van der Waals surface area contributed by atoms with Crippen molar-refractivity contribution in [1.82, 2.24) is 0 Å². The van der Waals surface area contributed by atoms with Gasteiger partial charge in [0.1, 0.15) is 18.1 Å². The minimum Gasteiger partial charge on any atom is -0.691 e. The summed E-state index contributed by atoms with van der Waals surface area (Å²) in [4.78, 5) is 11.4. The second kappa shape index (κ2) is 7.02. The second-order valence-corrected chi connectivity index (χ2v) is 6.20. The highest BCUT2D eigenvalue weighted by Crippen LogP contribution is 2.42. The largest absolute Gasteiger partial charge is 0.691 e. The summed E-state index contributed by atoms with van der Waals surface area (Å²) in [5.41, 5.74) is 0. The van der Waals surface area contributed by atoms with Gasteiger partial charge in [-0.25, -0.2) is 4.79 Å². The number of carbonyl (C=O) groups is 1. The van der Waals surface area contributed by atoms with Crippen LogP contribution in [0, 0.1) is 11.8 Å². The molecule has 0 aromatic heterocycles. The minimum absolute atomic E-state index is 0.470. The first-order chi connectivity index (χ1) is 9.53. The van der Waals surface area contributed by atoms with E-state index >= 15 is 0 Å². The van der Waals surface area contributed by atoms with Crippen molar-refractivity contribution in [3.63, 3.8) is 0 Å². The van der Waals surface area contributed by atoms with E-state index in [0.717, 1.165) is 19.3 Å². The predicted molar refractivity (Wildman–Crippen MR) is 63.9 cm³/mol. The maximum atomic E-state index is 13.2. The molecule has 0 aliphatic heterocycles. The molecule has 0 heterocycles. The first-order valence-electron chi connectivity index (χ1n) is 6.76. The number of rotatable bonds is 5. The molecule has 2 rings (SSSR count). The fourth-order valence-corrected chi connectivity index (χ4v) is 3.48. The van der Waals surface area contributed by atoms with Crippen molar-refractivity contribution in [2.45, 2.75) is 56.3 Å². The molecule has 2 aliphatic carbocycles. The number of hydrogen-bond acceptors (Lipinski definition) is 6. The van der Waals surface area contributed by atoms with Crippen molar-refractivity contribution >= 4 is 18.0 Å². The molecule has 2 fully saturated rings. The number of fused-ring (bicyclic) bond motifs is 1. The van der Waals surface area contributed by atoms with Crippen LogP contribution in [0.3, 0.4) is 0 Å². The SMILES string of the molecule is O=C(OC1CCC2CCCCC2C1)C(F)(F)SOO[O-]. The Bertz CT molecular complexity index is 342. The van der Waals surface area contributed by atoms with Crippen LogP contribution in [-0.4, -0.2) is 17.3 Å². The molecule has 0 spiro atoms. The van der Waals surface area contributed by atoms with E-state index in [1.54, 1.807) is 0 Å². The number of hydrogen-bond donors (Lipinski definition) is 0. The second-order valence-electron chi connectivity index (χ2n) is 5.38. The van der Waals surface area contributed by atoms with E-state index in [1.807, 2.05) is 0 Å². The third-order valence-electron chi connectivity index (χ3n) is 4.17. The molecule has 2 aliphatic rings. The summed E-state index contributed by atoms with van der Waals surface area (Å²) >= 11 is -0.644. The lowest BCUT2D eigenvalue weighted by Gasteiger charge is -2.39. The van der Waals surface area contributed by atoms with Crippen LogP contribution in [0.4, 0.5) is 8.78 Å². The zero-order chi connectivity index (χ0) is 14.6. The highest BCUT2D eigenvalue weighted by molar-refractivity contribution is 7.96. The molecular formula is C12H17F2O5S-. The van der Waals surface area contributed by atoms with Gasteiger partial charge >= 0.3 is 11.2 Å². The quantitative estimate of drug-likeness (QED) is 0.336. The molecule has 0 radical (unpaired) electrons. The van der Waals surface area contributed by atoms with Crippen LogP contribution in [0.2, 0.25) is 0 Å². The first kappa shape index (κ1) is 15.9. The average molecular weight is 311 g/mol. The fourth-order valence-electron chi connectivity index (χ4n) is 3.25. The van der Waals surface area contributed by atoms with Gasteiger partial charge in [0.2, 0.25) is 0 Å². The van der Waals surface area contributed by atoms with Crippen molar-refractivity contribution in [2.24, 2.45) is 11.8 Å². The van der Waals surface area contributed by atoms with Gasteiger partial charge in [-0.05, 0) is 31.1 Å². The average Bonchev–Trinajstić information content (AvgIpc) is 2.45. The standard InChI is InChI=1S/C12H18F2O5S/c13-12(14,20-19-18-16)11(15)17-10-6-5-8-3-1-2-4-9(8)7-10/h8-10,16H,1-7H2/p-1. The van der Waals surface area contributed by atoms with Gasteiger partial charge in [0.15, 0.2) is 0 Å². The normalized spacial score (nSPS) is 30.6. The van der Waals surface area contributed by atoms with Crippen LogP contribution in [0.1, 0.15) is 44.9 Å².